The first-order chi connectivity index (χ1) is 7.64. The molecule has 90 valence electrons. The van der Waals surface area contributed by atoms with Crippen LogP contribution in [-0.4, -0.2) is 12.8 Å². The zero-order valence-electron chi connectivity index (χ0n) is 10.4. The molecule has 0 radical (unpaired) electrons. The van der Waals surface area contributed by atoms with Gasteiger partial charge in [-0.2, -0.15) is 0 Å². The van der Waals surface area contributed by atoms with Crippen molar-refractivity contribution in [1.82, 2.24) is 0 Å². The number of aryl methyl sites for hydroxylation is 1. The first-order valence-electron chi connectivity index (χ1n) is 5.94. The van der Waals surface area contributed by atoms with E-state index in [1.165, 1.54) is 0 Å². The molecule has 1 atom stereocenters. The van der Waals surface area contributed by atoms with Crippen LogP contribution in [0.4, 0.5) is 0 Å². The molecule has 2 nitrogen and oxygen atoms in total. The highest BCUT2D eigenvalue weighted by molar-refractivity contribution is 7.67. The molecule has 0 fully saturated rings. The van der Waals surface area contributed by atoms with Crippen LogP contribution in [0.5, 0.6) is 0 Å². The highest BCUT2D eigenvalue weighted by Crippen LogP contribution is 2.47. The summed E-state index contributed by atoms with van der Waals surface area (Å²) < 4.78 is 18.4. The van der Waals surface area contributed by atoms with Crippen molar-refractivity contribution in [1.29, 1.82) is 0 Å². The molecule has 16 heavy (non-hydrogen) atoms. The van der Waals surface area contributed by atoms with Crippen molar-refractivity contribution in [3.8, 4) is 0 Å². The van der Waals surface area contributed by atoms with Crippen LogP contribution in [-0.2, 0) is 9.09 Å². The smallest absolute Gasteiger partial charge is 0.232 e. The third-order valence-electron chi connectivity index (χ3n) is 2.50. The average molecular weight is 240 g/mol. The van der Waals surface area contributed by atoms with Gasteiger partial charge < -0.3 is 4.52 Å². The van der Waals surface area contributed by atoms with Crippen molar-refractivity contribution < 1.29 is 9.09 Å². The summed E-state index contributed by atoms with van der Waals surface area (Å²) in [5.41, 5.74) is 1.07. The van der Waals surface area contributed by atoms with Crippen LogP contribution in [0.25, 0.3) is 0 Å². The Labute approximate surface area is 98.5 Å². The predicted octanol–water partition coefficient (Wildman–Crippen LogP) is 3.74. The molecule has 0 aliphatic carbocycles. The molecule has 0 aromatic heterocycles. The molecule has 0 aliphatic heterocycles. The van der Waals surface area contributed by atoms with Gasteiger partial charge in [-0.1, -0.05) is 32.0 Å². The summed E-state index contributed by atoms with van der Waals surface area (Å²) >= 11 is 0. The maximum atomic E-state index is 12.8. The summed E-state index contributed by atoms with van der Waals surface area (Å²) in [5.74, 6) is 0. The fourth-order valence-electron chi connectivity index (χ4n) is 1.73. The Morgan fingerprint density at radius 1 is 1.19 bits per heavy atom. The molecule has 0 heterocycles. The standard InChI is InChI=1S/C13H21O2P/c1-4-10-15-16(14,11-5-2)13-9-7-6-8-12(13)3/h6-9H,4-5,10-11H2,1-3H3. The van der Waals surface area contributed by atoms with Crippen LogP contribution in [0, 0.1) is 6.92 Å². The largest absolute Gasteiger partial charge is 0.325 e. The van der Waals surface area contributed by atoms with E-state index in [9.17, 15) is 4.57 Å². The zero-order valence-corrected chi connectivity index (χ0v) is 11.3. The minimum absolute atomic E-state index is 0.575. The van der Waals surface area contributed by atoms with E-state index in [-0.39, 0.29) is 0 Å². The van der Waals surface area contributed by atoms with Crippen LogP contribution >= 0.6 is 7.37 Å². The van der Waals surface area contributed by atoms with E-state index in [1.807, 2.05) is 45.0 Å². The average Bonchev–Trinajstić information content (AvgIpc) is 2.27. The van der Waals surface area contributed by atoms with Gasteiger partial charge in [0.1, 0.15) is 0 Å². The third-order valence-corrected chi connectivity index (χ3v) is 5.38. The van der Waals surface area contributed by atoms with Crippen LogP contribution in [0.2, 0.25) is 0 Å². The van der Waals surface area contributed by atoms with Crippen LogP contribution in [0.1, 0.15) is 32.3 Å². The maximum Gasteiger partial charge on any atom is 0.232 e. The molecule has 3 heteroatoms. The lowest BCUT2D eigenvalue weighted by Crippen LogP contribution is -2.13. The van der Waals surface area contributed by atoms with Crippen molar-refractivity contribution in [2.45, 2.75) is 33.6 Å². The molecule has 0 aliphatic rings. The number of rotatable bonds is 6. The van der Waals surface area contributed by atoms with E-state index < -0.39 is 7.37 Å². The van der Waals surface area contributed by atoms with Crippen molar-refractivity contribution in [2.24, 2.45) is 0 Å². The van der Waals surface area contributed by atoms with Gasteiger partial charge >= 0.3 is 0 Å². The monoisotopic (exact) mass is 240 g/mol. The Bertz CT molecular complexity index is 374. The Morgan fingerprint density at radius 3 is 2.44 bits per heavy atom. The molecule has 0 N–H and O–H groups in total. The summed E-state index contributed by atoms with van der Waals surface area (Å²) in [7, 11) is -2.63. The Hall–Kier alpha value is -0.590. The fourth-order valence-corrected chi connectivity index (χ4v) is 4.23. The molecular weight excluding hydrogens is 219 g/mol. The molecular formula is C13H21O2P. The van der Waals surface area contributed by atoms with E-state index in [1.54, 1.807) is 0 Å². The molecule has 0 spiro atoms. The number of hydrogen-bond donors (Lipinski definition) is 0. The van der Waals surface area contributed by atoms with Crippen LogP contribution in [0.3, 0.4) is 0 Å². The predicted molar refractivity (Wildman–Crippen MR) is 69.8 cm³/mol. The lowest BCUT2D eigenvalue weighted by molar-refractivity contribution is 0.319. The second-order valence-corrected chi connectivity index (χ2v) is 6.55. The van der Waals surface area contributed by atoms with Crippen molar-refractivity contribution in [3.05, 3.63) is 29.8 Å². The van der Waals surface area contributed by atoms with E-state index in [0.29, 0.717) is 12.8 Å². The van der Waals surface area contributed by atoms with Gasteiger partial charge in [-0.25, -0.2) is 0 Å². The Morgan fingerprint density at radius 2 is 1.88 bits per heavy atom. The lowest BCUT2D eigenvalue weighted by Gasteiger charge is -2.19. The highest BCUT2D eigenvalue weighted by Gasteiger charge is 2.25. The SMILES string of the molecule is CCCOP(=O)(CCC)c1ccccc1C. The minimum Gasteiger partial charge on any atom is -0.325 e. The fraction of sp³-hybridized carbons (Fsp3) is 0.538. The van der Waals surface area contributed by atoms with Crippen molar-refractivity contribution in [3.63, 3.8) is 0 Å². The quantitative estimate of drug-likeness (QED) is 0.708. The lowest BCUT2D eigenvalue weighted by atomic mass is 10.2. The van der Waals surface area contributed by atoms with Gasteiger partial charge in [-0.15, -0.1) is 0 Å². The zero-order chi connectivity index (χ0) is 12.0. The number of hydrogen-bond acceptors (Lipinski definition) is 2. The molecule has 1 rings (SSSR count). The molecule has 0 saturated heterocycles. The first-order valence-corrected chi connectivity index (χ1v) is 7.75. The van der Waals surface area contributed by atoms with Gasteiger partial charge in [0.15, 0.2) is 0 Å². The van der Waals surface area contributed by atoms with E-state index in [4.69, 9.17) is 4.52 Å². The second-order valence-electron chi connectivity index (χ2n) is 4.02. The Kier molecular flexibility index (Phi) is 5.24. The van der Waals surface area contributed by atoms with Gasteiger partial charge in [-0.05, 0) is 31.4 Å². The molecule has 1 unspecified atom stereocenters. The van der Waals surface area contributed by atoms with Crippen LogP contribution in [0.15, 0.2) is 24.3 Å². The Balaban J connectivity index is 3.01. The molecule has 0 saturated carbocycles. The van der Waals surface area contributed by atoms with Gasteiger partial charge in [0.05, 0.1) is 6.61 Å². The topological polar surface area (TPSA) is 26.3 Å². The second kappa shape index (κ2) is 6.22. The van der Waals surface area contributed by atoms with Gasteiger partial charge in [0.2, 0.25) is 7.37 Å². The molecule has 1 aromatic rings. The number of benzene rings is 1. The molecule has 0 amide bonds. The molecule has 0 bridgehead atoms. The van der Waals surface area contributed by atoms with E-state index in [0.717, 1.165) is 23.7 Å². The van der Waals surface area contributed by atoms with Gasteiger partial charge in [-0.3, -0.25) is 4.57 Å². The van der Waals surface area contributed by atoms with Gasteiger partial charge in [0, 0.05) is 11.5 Å². The first kappa shape index (κ1) is 13.5. The highest BCUT2D eigenvalue weighted by atomic mass is 31.2. The molecule has 1 aromatic carbocycles. The summed E-state index contributed by atoms with van der Waals surface area (Å²) in [5, 5.41) is 0.894. The van der Waals surface area contributed by atoms with Crippen LogP contribution < -0.4 is 5.30 Å². The summed E-state index contributed by atoms with van der Waals surface area (Å²) in [6.07, 6.45) is 2.42. The van der Waals surface area contributed by atoms with Gasteiger partial charge in [0.25, 0.3) is 0 Å². The summed E-state index contributed by atoms with van der Waals surface area (Å²) in [6, 6.07) is 7.82. The van der Waals surface area contributed by atoms with E-state index >= 15 is 0 Å². The van der Waals surface area contributed by atoms with E-state index in [2.05, 4.69) is 0 Å². The third kappa shape index (κ3) is 3.20. The van der Waals surface area contributed by atoms with Crippen molar-refractivity contribution >= 4 is 12.7 Å². The maximum absolute atomic E-state index is 12.8. The summed E-state index contributed by atoms with van der Waals surface area (Å²) in [4.78, 5) is 0. The minimum atomic E-state index is -2.63. The normalized spacial score (nSPS) is 14.7. The van der Waals surface area contributed by atoms with Crippen molar-refractivity contribution in [2.75, 3.05) is 12.8 Å². The summed E-state index contributed by atoms with van der Waals surface area (Å²) in [6.45, 7) is 6.65.